The number of alkyl halides is 2. The predicted octanol–water partition coefficient (Wildman–Crippen LogP) is 2.29. The van der Waals surface area contributed by atoms with E-state index < -0.39 is 32.3 Å². The standard InChI is InChI=1S/C17H21F2NO3S/c1-12-9-13(7-8-24(12,22)23)15(21)20-11-16(10-17(16,18)19)14-5-3-2-4-6-14/h2-6,12-13H,7-11H2,1H3,(H,20,21). The molecule has 0 bridgehead atoms. The van der Waals surface area contributed by atoms with Crippen LogP contribution in [0.1, 0.15) is 31.7 Å². The van der Waals surface area contributed by atoms with E-state index in [4.69, 9.17) is 0 Å². The van der Waals surface area contributed by atoms with Gasteiger partial charge in [0.1, 0.15) is 0 Å². The highest BCUT2D eigenvalue weighted by molar-refractivity contribution is 7.92. The molecule has 1 amide bonds. The summed E-state index contributed by atoms with van der Waals surface area (Å²) >= 11 is 0. The van der Waals surface area contributed by atoms with Crippen LogP contribution in [0, 0.1) is 5.92 Å². The maximum absolute atomic E-state index is 14.0. The van der Waals surface area contributed by atoms with E-state index in [-0.39, 0.29) is 37.5 Å². The van der Waals surface area contributed by atoms with Gasteiger partial charge in [0.15, 0.2) is 9.84 Å². The third-order valence-corrected chi connectivity index (χ3v) is 7.56. The molecule has 132 valence electrons. The minimum absolute atomic E-state index is 0.0216. The molecule has 2 fully saturated rings. The number of benzene rings is 1. The van der Waals surface area contributed by atoms with Crippen LogP contribution in [0.15, 0.2) is 30.3 Å². The van der Waals surface area contributed by atoms with Crippen molar-refractivity contribution in [1.82, 2.24) is 5.32 Å². The highest BCUT2D eigenvalue weighted by Gasteiger charge is 2.71. The van der Waals surface area contributed by atoms with Crippen LogP contribution in [-0.2, 0) is 20.0 Å². The lowest BCUT2D eigenvalue weighted by Gasteiger charge is -2.27. The summed E-state index contributed by atoms with van der Waals surface area (Å²) in [4.78, 5) is 12.3. The summed E-state index contributed by atoms with van der Waals surface area (Å²) in [5, 5.41) is 2.08. The molecule has 24 heavy (non-hydrogen) atoms. The van der Waals surface area contributed by atoms with Gasteiger partial charge in [0.05, 0.1) is 16.4 Å². The Balaban J connectivity index is 1.66. The summed E-state index contributed by atoms with van der Waals surface area (Å²) in [6.07, 6.45) is 0.232. The van der Waals surface area contributed by atoms with E-state index >= 15 is 0 Å². The van der Waals surface area contributed by atoms with Crippen LogP contribution in [0.4, 0.5) is 8.78 Å². The van der Waals surface area contributed by atoms with E-state index in [1.54, 1.807) is 37.3 Å². The van der Waals surface area contributed by atoms with Crippen molar-refractivity contribution in [3.05, 3.63) is 35.9 Å². The van der Waals surface area contributed by atoms with Crippen LogP contribution in [0.25, 0.3) is 0 Å². The monoisotopic (exact) mass is 357 g/mol. The minimum Gasteiger partial charge on any atom is -0.355 e. The number of nitrogens with one attached hydrogen (secondary N) is 1. The first-order chi connectivity index (χ1) is 11.2. The largest absolute Gasteiger partial charge is 0.355 e. The molecular formula is C17H21F2NO3S. The lowest BCUT2D eigenvalue weighted by atomic mass is 9.94. The zero-order valence-electron chi connectivity index (χ0n) is 13.5. The fourth-order valence-corrected chi connectivity index (χ4v) is 5.03. The van der Waals surface area contributed by atoms with Gasteiger partial charge in [0.25, 0.3) is 5.92 Å². The Morgan fingerprint density at radius 3 is 2.46 bits per heavy atom. The zero-order valence-corrected chi connectivity index (χ0v) is 14.3. The van der Waals surface area contributed by atoms with Crippen LogP contribution in [-0.4, -0.2) is 37.8 Å². The van der Waals surface area contributed by atoms with Crippen LogP contribution < -0.4 is 5.32 Å². The number of hydrogen-bond donors (Lipinski definition) is 1. The first-order valence-corrected chi connectivity index (χ1v) is 9.82. The van der Waals surface area contributed by atoms with Crippen molar-refractivity contribution in [2.75, 3.05) is 12.3 Å². The minimum atomic E-state index is -3.12. The van der Waals surface area contributed by atoms with Crippen LogP contribution >= 0.6 is 0 Å². The number of carbonyl (C=O) groups is 1. The Labute approximate surface area is 140 Å². The molecule has 3 unspecified atom stereocenters. The van der Waals surface area contributed by atoms with Gasteiger partial charge in [-0.15, -0.1) is 0 Å². The van der Waals surface area contributed by atoms with Gasteiger partial charge in [-0.05, 0) is 25.3 Å². The van der Waals surface area contributed by atoms with Crippen LogP contribution in [0.5, 0.6) is 0 Å². The average molecular weight is 357 g/mol. The summed E-state index contributed by atoms with van der Waals surface area (Å²) < 4.78 is 51.4. The van der Waals surface area contributed by atoms with E-state index in [9.17, 15) is 22.0 Å². The smallest absolute Gasteiger partial charge is 0.260 e. The highest BCUT2D eigenvalue weighted by atomic mass is 32.2. The number of rotatable bonds is 4. The molecule has 1 saturated carbocycles. The molecular weight excluding hydrogens is 336 g/mol. The van der Waals surface area contributed by atoms with Gasteiger partial charge in [0, 0.05) is 18.9 Å². The fourth-order valence-electron chi connectivity index (χ4n) is 3.49. The van der Waals surface area contributed by atoms with Crippen LogP contribution in [0.2, 0.25) is 0 Å². The summed E-state index contributed by atoms with van der Waals surface area (Å²) in [5.74, 6) is -3.60. The third kappa shape index (κ3) is 2.94. The molecule has 0 aromatic heterocycles. The fraction of sp³-hybridized carbons (Fsp3) is 0.588. The Kier molecular flexibility index (Phi) is 4.18. The molecule has 1 aliphatic heterocycles. The zero-order chi connectivity index (χ0) is 17.6. The van der Waals surface area contributed by atoms with Gasteiger partial charge < -0.3 is 5.32 Å². The maximum atomic E-state index is 14.0. The van der Waals surface area contributed by atoms with Crippen molar-refractivity contribution in [2.24, 2.45) is 5.92 Å². The lowest BCUT2D eigenvalue weighted by molar-refractivity contribution is -0.125. The van der Waals surface area contributed by atoms with Crippen LogP contribution in [0.3, 0.4) is 0 Å². The summed E-state index contributed by atoms with van der Waals surface area (Å²) in [5.41, 5.74) is -0.814. The Morgan fingerprint density at radius 2 is 1.92 bits per heavy atom. The topological polar surface area (TPSA) is 63.2 Å². The van der Waals surface area contributed by atoms with Gasteiger partial charge in [0.2, 0.25) is 5.91 Å². The van der Waals surface area contributed by atoms with Crippen molar-refractivity contribution in [2.45, 2.75) is 42.8 Å². The van der Waals surface area contributed by atoms with Crippen molar-refractivity contribution in [3.63, 3.8) is 0 Å². The maximum Gasteiger partial charge on any atom is 0.260 e. The third-order valence-electron chi connectivity index (χ3n) is 5.34. The second-order valence-electron chi connectivity index (χ2n) is 6.95. The molecule has 7 heteroatoms. The number of carbonyl (C=O) groups excluding carboxylic acids is 1. The molecule has 1 aromatic carbocycles. The van der Waals surface area contributed by atoms with Gasteiger partial charge >= 0.3 is 0 Å². The predicted molar refractivity (Wildman–Crippen MR) is 86.7 cm³/mol. The van der Waals surface area contributed by atoms with Crippen molar-refractivity contribution < 1.29 is 22.0 Å². The van der Waals surface area contributed by atoms with Gasteiger partial charge in [-0.3, -0.25) is 4.79 Å². The molecule has 1 heterocycles. The molecule has 0 spiro atoms. The normalized spacial score (nSPS) is 33.6. The molecule has 3 rings (SSSR count). The summed E-state index contributed by atoms with van der Waals surface area (Å²) in [7, 11) is -3.12. The summed E-state index contributed by atoms with van der Waals surface area (Å²) in [6, 6.07) is 8.49. The molecule has 1 N–H and O–H groups in total. The van der Waals surface area contributed by atoms with Gasteiger partial charge in [-0.25, -0.2) is 17.2 Å². The van der Waals surface area contributed by atoms with Gasteiger partial charge in [-0.2, -0.15) is 0 Å². The van der Waals surface area contributed by atoms with E-state index in [1.807, 2.05) is 0 Å². The van der Waals surface area contributed by atoms with E-state index in [0.29, 0.717) is 5.56 Å². The van der Waals surface area contributed by atoms with Crippen molar-refractivity contribution in [1.29, 1.82) is 0 Å². The quantitative estimate of drug-likeness (QED) is 0.899. The van der Waals surface area contributed by atoms with Gasteiger partial charge in [-0.1, -0.05) is 30.3 Å². The number of halogens is 2. The first-order valence-electron chi connectivity index (χ1n) is 8.11. The SMILES string of the molecule is CC1CC(C(=O)NCC2(c3ccccc3)CC2(F)F)CCS1(=O)=O. The number of sulfone groups is 1. The second-order valence-corrected chi connectivity index (χ2v) is 9.48. The average Bonchev–Trinajstić information content (AvgIpc) is 3.11. The summed E-state index contributed by atoms with van der Waals surface area (Å²) in [6.45, 7) is 1.47. The molecule has 0 radical (unpaired) electrons. The molecule has 2 aliphatic rings. The van der Waals surface area contributed by atoms with Crippen molar-refractivity contribution in [3.8, 4) is 0 Å². The number of amides is 1. The molecule has 1 aliphatic carbocycles. The highest BCUT2D eigenvalue weighted by Crippen LogP contribution is 2.61. The van der Waals surface area contributed by atoms with E-state index in [0.717, 1.165) is 0 Å². The molecule has 4 nitrogen and oxygen atoms in total. The number of hydrogen-bond acceptors (Lipinski definition) is 3. The molecule has 1 aromatic rings. The second kappa shape index (κ2) is 5.79. The first kappa shape index (κ1) is 17.3. The van der Waals surface area contributed by atoms with E-state index in [1.165, 1.54) is 0 Å². The molecule has 3 atom stereocenters. The van der Waals surface area contributed by atoms with E-state index in [2.05, 4.69) is 5.32 Å². The Morgan fingerprint density at radius 1 is 1.29 bits per heavy atom. The Hall–Kier alpha value is -1.50. The van der Waals surface area contributed by atoms with Crippen molar-refractivity contribution >= 4 is 15.7 Å². The molecule has 1 saturated heterocycles. The Bertz CT molecular complexity index is 735. The lowest BCUT2D eigenvalue weighted by Crippen LogP contribution is -2.42.